The van der Waals surface area contributed by atoms with Gasteiger partial charge in [0.15, 0.2) is 5.65 Å². The van der Waals surface area contributed by atoms with Crippen molar-refractivity contribution in [2.45, 2.75) is 140 Å². The molecule has 1 fully saturated rings. The molecule has 1 aliphatic rings. The Hall–Kier alpha value is -3.05. The number of benzene rings is 2. The van der Waals surface area contributed by atoms with E-state index < -0.39 is 0 Å². The summed E-state index contributed by atoms with van der Waals surface area (Å²) in [6.07, 6.45) is 11.4. The number of aryl methyl sites for hydroxylation is 3. The minimum Gasteiger partial charge on any atom is -0.313 e. The summed E-state index contributed by atoms with van der Waals surface area (Å²) in [5, 5.41) is 0. The standard InChI is InChI=1S/C14H14.C13H27N.C10H14N4.2C2H6/c1-2-12-8-10-14(11-9-12)13-6-4-3-5-7-13;1-4-10-14(11-5-2)13-8-6-12(3)7-9-13;1-6(2)14-5-11-9-7(3)12-8(4)13-10(9)14;2*1-2/h3-11H,2H2,1H3;12-13H,4-11H2,1-3H3;5-6H,1-4H3;2*1-2H3. The first-order valence-corrected chi connectivity index (χ1v) is 18.3. The van der Waals surface area contributed by atoms with Gasteiger partial charge in [0.1, 0.15) is 11.3 Å². The molecule has 0 radical (unpaired) electrons. The Labute approximate surface area is 283 Å². The van der Waals surface area contributed by atoms with Crippen LogP contribution in [0.1, 0.15) is 131 Å². The molecule has 1 saturated carbocycles. The van der Waals surface area contributed by atoms with Crippen LogP contribution in [0.5, 0.6) is 0 Å². The summed E-state index contributed by atoms with van der Waals surface area (Å²) in [5.74, 6) is 1.79. The lowest BCUT2D eigenvalue weighted by Crippen LogP contribution is -2.38. The van der Waals surface area contributed by atoms with Crippen molar-refractivity contribution in [2.75, 3.05) is 13.1 Å². The fourth-order valence-corrected chi connectivity index (χ4v) is 5.79. The van der Waals surface area contributed by atoms with Crippen molar-refractivity contribution in [3.63, 3.8) is 0 Å². The monoisotopic (exact) mass is 630 g/mol. The zero-order valence-electron chi connectivity index (χ0n) is 31.6. The summed E-state index contributed by atoms with van der Waals surface area (Å²) in [4.78, 5) is 15.7. The van der Waals surface area contributed by atoms with Crippen molar-refractivity contribution in [2.24, 2.45) is 5.92 Å². The Morgan fingerprint density at radius 2 is 1.30 bits per heavy atom. The smallest absolute Gasteiger partial charge is 0.164 e. The maximum atomic E-state index is 4.41. The van der Waals surface area contributed by atoms with Gasteiger partial charge in [0, 0.05) is 12.1 Å². The Kier molecular flexibility index (Phi) is 20.8. The molecule has 0 unspecified atom stereocenters. The number of fused-ring (bicyclic) bond motifs is 1. The topological polar surface area (TPSA) is 46.8 Å². The predicted octanol–water partition coefficient (Wildman–Crippen LogP) is 11.7. The highest BCUT2D eigenvalue weighted by molar-refractivity contribution is 5.73. The van der Waals surface area contributed by atoms with Gasteiger partial charge in [-0.3, -0.25) is 0 Å². The molecule has 0 spiro atoms. The summed E-state index contributed by atoms with van der Waals surface area (Å²) >= 11 is 0. The molecule has 0 aliphatic heterocycles. The van der Waals surface area contributed by atoms with Crippen LogP contribution in [-0.2, 0) is 6.42 Å². The first kappa shape index (κ1) is 41.0. The van der Waals surface area contributed by atoms with E-state index in [1.807, 2.05) is 53.9 Å². The molecule has 4 aromatic rings. The summed E-state index contributed by atoms with van der Waals surface area (Å²) in [6.45, 7) is 27.9. The minimum absolute atomic E-state index is 0.383. The number of nitrogens with zero attached hydrogens (tertiary/aromatic N) is 5. The summed E-state index contributed by atoms with van der Waals surface area (Å²) in [7, 11) is 0. The van der Waals surface area contributed by atoms with E-state index in [-0.39, 0.29) is 0 Å². The molecule has 2 aromatic carbocycles. The van der Waals surface area contributed by atoms with Crippen molar-refractivity contribution < 1.29 is 0 Å². The molecule has 5 rings (SSSR count). The third-order valence-electron chi connectivity index (χ3n) is 8.26. The van der Waals surface area contributed by atoms with Crippen LogP contribution in [0.4, 0.5) is 0 Å². The first-order valence-electron chi connectivity index (χ1n) is 18.3. The van der Waals surface area contributed by atoms with Crippen LogP contribution in [0.3, 0.4) is 0 Å². The third-order valence-corrected chi connectivity index (χ3v) is 8.26. The van der Waals surface area contributed by atoms with Crippen LogP contribution in [-0.4, -0.2) is 43.6 Å². The molecule has 256 valence electrons. The largest absolute Gasteiger partial charge is 0.313 e. The zero-order chi connectivity index (χ0) is 34.5. The van der Waals surface area contributed by atoms with Gasteiger partial charge >= 0.3 is 0 Å². The van der Waals surface area contributed by atoms with Gasteiger partial charge in [-0.2, -0.15) is 0 Å². The molecular formula is C41H67N5. The first-order chi connectivity index (χ1) is 22.3. The average molecular weight is 630 g/mol. The van der Waals surface area contributed by atoms with Gasteiger partial charge in [0.05, 0.1) is 12.0 Å². The molecule has 0 saturated heterocycles. The molecule has 0 atom stereocenters. The molecule has 5 heteroatoms. The Bertz CT molecular complexity index is 1300. The van der Waals surface area contributed by atoms with Crippen molar-refractivity contribution in [3.05, 3.63) is 78.0 Å². The lowest BCUT2D eigenvalue weighted by atomic mass is 9.86. The third kappa shape index (κ3) is 13.4. The maximum absolute atomic E-state index is 4.41. The zero-order valence-corrected chi connectivity index (χ0v) is 31.6. The van der Waals surface area contributed by atoms with Crippen LogP contribution < -0.4 is 0 Å². The molecular weight excluding hydrogens is 562 g/mol. The lowest BCUT2D eigenvalue weighted by Gasteiger charge is -2.35. The van der Waals surface area contributed by atoms with E-state index in [4.69, 9.17) is 0 Å². The van der Waals surface area contributed by atoms with E-state index in [1.165, 1.54) is 68.3 Å². The molecule has 0 bridgehead atoms. The van der Waals surface area contributed by atoms with Gasteiger partial charge in [0.25, 0.3) is 0 Å². The number of aromatic nitrogens is 4. The normalized spacial score (nSPS) is 15.4. The van der Waals surface area contributed by atoms with Crippen LogP contribution >= 0.6 is 0 Å². The second-order valence-electron chi connectivity index (χ2n) is 12.1. The van der Waals surface area contributed by atoms with Gasteiger partial charge in [-0.15, -0.1) is 0 Å². The van der Waals surface area contributed by atoms with Crippen LogP contribution in [0.2, 0.25) is 0 Å². The highest BCUT2D eigenvalue weighted by atomic mass is 15.2. The molecule has 0 N–H and O–H groups in total. The minimum atomic E-state index is 0.383. The second-order valence-corrected chi connectivity index (χ2v) is 12.1. The van der Waals surface area contributed by atoms with Crippen molar-refractivity contribution in [1.29, 1.82) is 0 Å². The number of hydrogen-bond donors (Lipinski definition) is 0. The van der Waals surface area contributed by atoms with E-state index in [1.54, 1.807) is 0 Å². The van der Waals surface area contributed by atoms with Crippen molar-refractivity contribution in [3.8, 4) is 11.1 Å². The summed E-state index contributed by atoms with van der Waals surface area (Å²) < 4.78 is 2.07. The highest BCUT2D eigenvalue weighted by Gasteiger charge is 2.22. The average Bonchev–Trinajstić information content (AvgIpc) is 3.53. The molecule has 0 amide bonds. The Morgan fingerprint density at radius 3 is 1.80 bits per heavy atom. The number of imidazole rings is 1. The maximum Gasteiger partial charge on any atom is 0.164 e. The van der Waals surface area contributed by atoms with Gasteiger partial charge in [-0.05, 0) is 108 Å². The van der Waals surface area contributed by atoms with E-state index >= 15 is 0 Å². The molecule has 46 heavy (non-hydrogen) atoms. The molecule has 1 aliphatic carbocycles. The van der Waals surface area contributed by atoms with Gasteiger partial charge < -0.3 is 9.47 Å². The van der Waals surface area contributed by atoms with Gasteiger partial charge in [-0.1, -0.05) is 110 Å². The van der Waals surface area contributed by atoms with E-state index in [2.05, 4.69) is 114 Å². The predicted molar refractivity (Wildman–Crippen MR) is 203 cm³/mol. The van der Waals surface area contributed by atoms with E-state index in [0.717, 1.165) is 41.1 Å². The van der Waals surface area contributed by atoms with Crippen LogP contribution in [0.25, 0.3) is 22.3 Å². The SMILES string of the molecule is CC.CC.CCCN(CCC)C1CCC(C)CC1.CCc1ccc(-c2ccccc2)cc1.Cc1nc(C)c2ncn(C(C)C)c2n1. The lowest BCUT2D eigenvalue weighted by molar-refractivity contribution is 0.140. The number of rotatable bonds is 8. The highest BCUT2D eigenvalue weighted by Crippen LogP contribution is 2.27. The Morgan fingerprint density at radius 1 is 0.761 bits per heavy atom. The fraction of sp³-hybridized carbons (Fsp3) is 0.585. The number of hydrogen-bond acceptors (Lipinski definition) is 4. The molecule has 5 nitrogen and oxygen atoms in total. The summed E-state index contributed by atoms with van der Waals surface area (Å²) in [5.41, 5.74) is 6.77. The second kappa shape index (κ2) is 23.3. The Balaban J connectivity index is 0.000000327. The quantitative estimate of drug-likeness (QED) is 0.194. The van der Waals surface area contributed by atoms with E-state index in [0.29, 0.717) is 6.04 Å². The van der Waals surface area contributed by atoms with Crippen molar-refractivity contribution in [1.82, 2.24) is 24.4 Å². The van der Waals surface area contributed by atoms with Gasteiger partial charge in [0.2, 0.25) is 0 Å². The summed E-state index contributed by atoms with van der Waals surface area (Å²) in [6, 6.07) is 20.5. The fourth-order valence-electron chi connectivity index (χ4n) is 5.79. The van der Waals surface area contributed by atoms with Crippen molar-refractivity contribution >= 4 is 11.2 Å². The van der Waals surface area contributed by atoms with Crippen LogP contribution in [0.15, 0.2) is 60.9 Å². The van der Waals surface area contributed by atoms with Crippen LogP contribution in [0, 0.1) is 19.8 Å². The molecule has 2 aromatic heterocycles. The van der Waals surface area contributed by atoms with Gasteiger partial charge in [-0.25, -0.2) is 15.0 Å². The molecule has 2 heterocycles. The van der Waals surface area contributed by atoms with E-state index in [9.17, 15) is 0 Å².